The number of likely N-dealkylation sites (N-methyl/N-ethyl adjacent to an activating group) is 1. The zero-order valence-electron chi connectivity index (χ0n) is 9.45. The molecule has 5 heteroatoms. The van der Waals surface area contributed by atoms with Gasteiger partial charge in [0.05, 0.1) is 7.11 Å². The SMILES string of the molecule is CNC(=O)COc1c(CN)cccc1OC. The van der Waals surface area contributed by atoms with Gasteiger partial charge in [0.25, 0.3) is 5.91 Å². The molecule has 0 atom stereocenters. The molecule has 0 saturated carbocycles. The van der Waals surface area contributed by atoms with Gasteiger partial charge in [0.1, 0.15) is 0 Å². The maximum atomic E-state index is 11.1. The summed E-state index contributed by atoms with van der Waals surface area (Å²) >= 11 is 0. The summed E-state index contributed by atoms with van der Waals surface area (Å²) in [6, 6.07) is 5.42. The first-order valence-electron chi connectivity index (χ1n) is 4.92. The molecule has 0 spiro atoms. The van der Waals surface area contributed by atoms with Gasteiger partial charge in [-0.2, -0.15) is 0 Å². The summed E-state index contributed by atoms with van der Waals surface area (Å²) in [6.45, 7) is 0.282. The van der Waals surface area contributed by atoms with Crippen LogP contribution in [0.5, 0.6) is 11.5 Å². The van der Waals surface area contributed by atoms with E-state index in [9.17, 15) is 4.79 Å². The van der Waals surface area contributed by atoms with E-state index >= 15 is 0 Å². The number of nitrogens with two attached hydrogens (primary N) is 1. The van der Waals surface area contributed by atoms with Crippen molar-refractivity contribution >= 4 is 5.91 Å². The fraction of sp³-hybridized carbons (Fsp3) is 0.364. The van der Waals surface area contributed by atoms with Crippen LogP contribution >= 0.6 is 0 Å². The summed E-state index contributed by atoms with van der Waals surface area (Å²) in [5.41, 5.74) is 6.39. The smallest absolute Gasteiger partial charge is 0.257 e. The highest BCUT2D eigenvalue weighted by atomic mass is 16.5. The second kappa shape index (κ2) is 5.97. The number of carbonyl (C=O) groups is 1. The van der Waals surface area contributed by atoms with E-state index in [-0.39, 0.29) is 12.5 Å². The lowest BCUT2D eigenvalue weighted by Crippen LogP contribution is -2.25. The van der Waals surface area contributed by atoms with E-state index in [0.717, 1.165) is 5.56 Å². The number of nitrogens with one attached hydrogen (secondary N) is 1. The van der Waals surface area contributed by atoms with Crippen molar-refractivity contribution in [1.82, 2.24) is 5.32 Å². The maximum Gasteiger partial charge on any atom is 0.257 e. The van der Waals surface area contributed by atoms with E-state index in [2.05, 4.69) is 5.32 Å². The standard InChI is InChI=1S/C11H16N2O3/c1-13-10(14)7-16-11-8(6-12)4-3-5-9(11)15-2/h3-5H,6-7,12H2,1-2H3,(H,13,14). The number of benzene rings is 1. The van der Waals surface area contributed by atoms with Gasteiger partial charge in [-0.15, -0.1) is 0 Å². The van der Waals surface area contributed by atoms with Crippen molar-refractivity contribution in [3.05, 3.63) is 23.8 Å². The Morgan fingerprint density at radius 3 is 2.81 bits per heavy atom. The first-order chi connectivity index (χ1) is 7.72. The lowest BCUT2D eigenvalue weighted by molar-refractivity contribution is -0.122. The highest BCUT2D eigenvalue weighted by molar-refractivity contribution is 5.77. The zero-order valence-corrected chi connectivity index (χ0v) is 9.45. The van der Waals surface area contributed by atoms with Gasteiger partial charge < -0.3 is 20.5 Å². The van der Waals surface area contributed by atoms with Crippen LogP contribution in [-0.4, -0.2) is 26.7 Å². The monoisotopic (exact) mass is 224 g/mol. The average Bonchev–Trinajstić information content (AvgIpc) is 2.35. The molecular weight excluding hydrogens is 208 g/mol. The third-order valence-corrected chi connectivity index (χ3v) is 2.13. The third-order valence-electron chi connectivity index (χ3n) is 2.13. The lowest BCUT2D eigenvalue weighted by atomic mass is 10.2. The van der Waals surface area contributed by atoms with Crippen molar-refractivity contribution in [2.75, 3.05) is 20.8 Å². The fourth-order valence-electron chi connectivity index (χ4n) is 1.26. The molecule has 0 aliphatic heterocycles. The Kier molecular flexibility index (Phi) is 4.60. The molecule has 16 heavy (non-hydrogen) atoms. The Labute approximate surface area is 94.5 Å². The van der Waals surface area contributed by atoms with Crippen molar-refractivity contribution in [1.29, 1.82) is 0 Å². The molecule has 3 N–H and O–H groups in total. The molecule has 1 aromatic rings. The van der Waals surface area contributed by atoms with Gasteiger partial charge >= 0.3 is 0 Å². The van der Waals surface area contributed by atoms with Crippen LogP contribution in [-0.2, 0) is 11.3 Å². The number of hydrogen-bond acceptors (Lipinski definition) is 4. The van der Waals surface area contributed by atoms with E-state index in [1.165, 1.54) is 0 Å². The summed E-state index contributed by atoms with van der Waals surface area (Å²) in [5, 5.41) is 2.47. The highest BCUT2D eigenvalue weighted by Crippen LogP contribution is 2.30. The van der Waals surface area contributed by atoms with Crippen LogP contribution in [0.3, 0.4) is 0 Å². The Balaban J connectivity index is 2.86. The quantitative estimate of drug-likeness (QED) is 0.753. The molecule has 5 nitrogen and oxygen atoms in total. The zero-order chi connectivity index (χ0) is 12.0. The molecule has 88 valence electrons. The molecule has 1 amide bonds. The number of carbonyl (C=O) groups excluding carboxylic acids is 1. The van der Waals surface area contributed by atoms with Crippen LogP contribution in [0.2, 0.25) is 0 Å². The summed E-state index contributed by atoms with van der Waals surface area (Å²) in [5.74, 6) is 0.900. The topological polar surface area (TPSA) is 73.6 Å². The number of methoxy groups -OCH3 is 1. The largest absolute Gasteiger partial charge is 0.493 e. The van der Waals surface area contributed by atoms with Crippen molar-refractivity contribution in [2.45, 2.75) is 6.54 Å². The second-order valence-electron chi connectivity index (χ2n) is 3.11. The average molecular weight is 224 g/mol. The minimum atomic E-state index is -0.200. The van der Waals surface area contributed by atoms with Gasteiger partial charge in [0.15, 0.2) is 18.1 Å². The van der Waals surface area contributed by atoms with Gasteiger partial charge in [-0.1, -0.05) is 12.1 Å². The molecule has 0 aromatic heterocycles. The molecule has 0 saturated heterocycles. The van der Waals surface area contributed by atoms with Gasteiger partial charge in [-0.05, 0) is 6.07 Å². The second-order valence-corrected chi connectivity index (χ2v) is 3.11. The Hall–Kier alpha value is -1.75. The van der Waals surface area contributed by atoms with Gasteiger partial charge in [-0.3, -0.25) is 4.79 Å². The van der Waals surface area contributed by atoms with E-state index in [1.54, 1.807) is 20.2 Å². The normalized spacial score (nSPS) is 9.69. The Bertz CT molecular complexity index is 344. The molecule has 0 aliphatic carbocycles. The van der Waals surface area contributed by atoms with E-state index < -0.39 is 0 Å². The van der Waals surface area contributed by atoms with Crippen molar-refractivity contribution in [3.8, 4) is 11.5 Å². The van der Waals surface area contributed by atoms with Crippen LogP contribution in [0, 0.1) is 0 Å². The van der Waals surface area contributed by atoms with Crippen molar-refractivity contribution in [2.24, 2.45) is 5.73 Å². The van der Waals surface area contributed by atoms with Gasteiger partial charge in [-0.25, -0.2) is 0 Å². The number of ether oxygens (including phenoxy) is 2. The van der Waals surface area contributed by atoms with Gasteiger partial charge in [0.2, 0.25) is 0 Å². The van der Waals surface area contributed by atoms with Gasteiger partial charge in [0, 0.05) is 19.2 Å². The predicted octanol–water partition coefficient (Wildman–Crippen LogP) is 0.279. The van der Waals surface area contributed by atoms with Crippen LogP contribution in [0.1, 0.15) is 5.56 Å². The molecule has 0 radical (unpaired) electrons. The van der Waals surface area contributed by atoms with Crippen LogP contribution in [0.15, 0.2) is 18.2 Å². The fourth-order valence-corrected chi connectivity index (χ4v) is 1.26. The van der Waals surface area contributed by atoms with Crippen LogP contribution < -0.4 is 20.5 Å². The summed E-state index contributed by atoms with van der Waals surface area (Å²) in [4.78, 5) is 11.1. The number of amides is 1. The minimum Gasteiger partial charge on any atom is -0.493 e. The van der Waals surface area contributed by atoms with Crippen molar-refractivity contribution in [3.63, 3.8) is 0 Å². The molecule has 0 fully saturated rings. The van der Waals surface area contributed by atoms with E-state index in [0.29, 0.717) is 18.0 Å². The summed E-state index contributed by atoms with van der Waals surface area (Å²) < 4.78 is 10.5. The molecule has 1 rings (SSSR count). The number of rotatable bonds is 5. The van der Waals surface area contributed by atoms with Crippen molar-refractivity contribution < 1.29 is 14.3 Å². The summed E-state index contributed by atoms with van der Waals surface area (Å²) in [7, 11) is 3.10. The number of para-hydroxylation sites is 1. The lowest BCUT2D eigenvalue weighted by Gasteiger charge is -2.13. The first-order valence-corrected chi connectivity index (χ1v) is 4.92. The maximum absolute atomic E-state index is 11.1. The molecule has 1 aromatic carbocycles. The van der Waals surface area contributed by atoms with Crippen LogP contribution in [0.4, 0.5) is 0 Å². The molecule has 0 unspecified atom stereocenters. The Morgan fingerprint density at radius 1 is 1.50 bits per heavy atom. The van der Waals surface area contributed by atoms with Crippen LogP contribution in [0.25, 0.3) is 0 Å². The third kappa shape index (κ3) is 2.87. The molecule has 0 aliphatic rings. The Morgan fingerprint density at radius 2 is 2.25 bits per heavy atom. The predicted molar refractivity (Wildman–Crippen MR) is 60.4 cm³/mol. The van der Waals surface area contributed by atoms with E-state index in [1.807, 2.05) is 12.1 Å². The van der Waals surface area contributed by atoms with E-state index in [4.69, 9.17) is 15.2 Å². The molecular formula is C11H16N2O3. The molecule has 0 bridgehead atoms. The first kappa shape index (κ1) is 12.3. The number of hydrogen-bond donors (Lipinski definition) is 2. The highest BCUT2D eigenvalue weighted by Gasteiger charge is 2.10. The minimum absolute atomic E-state index is 0.0517. The molecule has 0 heterocycles. The summed E-state index contributed by atoms with van der Waals surface area (Å²) in [6.07, 6.45) is 0.